The third-order valence-corrected chi connectivity index (χ3v) is 6.10. The molecule has 0 spiro atoms. The summed E-state index contributed by atoms with van der Waals surface area (Å²) in [5.74, 6) is 1.53. The highest BCUT2D eigenvalue weighted by Crippen LogP contribution is 2.46. The molecule has 2 aliphatic rings. The fourth-order valence-corrected chi connectivity index (χ4v) is 4.60. The van der Waals surface area contributed by atoms with E-state index in [9.17, 15) is 4.79 Å². The van der Waals surface area contributed by atoms with E-state index in [2.05, 4.69) is 29.6 Å². The molecule has 5 rings (SSSR count). The number of ether oxygens (including phenoxy) is 1. The SMILES string of the molecule is COc1ccc(C2=C(C)NC3=C(c4ccccc4)C(c4ccccc4)N(C)N3C2=O)cc1. The molecular formula is C27H25N3O2. The number of nitrogens with one attached hydrogen (secondary N) is 1. The van der Waals surface area contributed by atoms with Crippen molar-refractivity contribution in [3.05, 3.63) is 113 Å². The summed E-state index contributed by atoms with van der Waals surface area (Å²) in [6, 6.07) is 28.1. The molecule has 0 radical (unpaired) electrons. The summed E-state index contributed by atoms with van der Waals surface area (Å²) in [6.07, 6.45) is 0. The highest BCUT2D eigenvalue weighted by molar-refractivity contribution is 6.22. The second kappa shape index (κ2) is 8.02. The van der Waals surface area contributed by atoms with Gasteiger partial charge in [-0.3, -0.25) is 4.79 Å². The number of amides is 1. The zero-order valence-corrected chi connectivity index (χ0v) is 18.4. The maximum Gasteiger partial charge on any atom is 0.276 e. The number of likely N-dealkylation sites (N-methyl/N-ethyl adjacent to an activating group) is 1. The first kappa shape index (κ1) is 20.1. The molecule has 1 atom stereocenters. The van der Waals surface area contributed by atoms with Gasteiger partial charge in [0.25, 0.3) is 5.91 Å². The molecule has 1 amide bonds. The van der Waals surface area contributed by atoms with Gasteiger partial charge in [-0.1, -0.05) is 72.8 Å². The van der Waals surface area contributed by atoms with E-state index in [4.69, 9.17) is 4.74 Å². The lowest BCUT2D eigenvalue weighted by Crippen LogP contribution is -2.47. The van der Waals surface area contributed by atoms with Gasteiger partial charge in [-0.15, -0.1) is 0 Å². The maximum absolute atomic E-state index is 13.9. The summed E-state index contributed by atoms with van der Waals surface area (Å²) in [6.45, 7) is 1.96. The van der Waals surface area contributed by atoms with Crippen LogP contribution in [-0.4, -0.2) is 30.1 Å². The first-order valence-corrected chi connectivity index (χ1v) is 10.6. The van der Waals surface area contributed by atoms with Crippen molar-refractivity contribution in [3.63, 3.8) is 0 Å². The van der Waals surface area contributed by atoms with Crippen molar-refractivity contribution < 1.29 is 9.53 Å². The van der Waals surface area contributed by atoms with Gasteiger partial charge in [0.1, 0.15) is 11.6 Å². The number of hydrogen-bond acceptors (Lipinski definition) is 4. The number of fused-ring (bicyclic) bond motifs is 1. The van der Waals surface area contributed by atoms with Crippen LogP contribution in [0.3, 0.4) is 0 Å². The number of rotatable bonds is 4. The lowest BCUT2D eigenvalue weighted by atomic mass is 9.93. The molecule has 3 aromatic carbocycles. The number of allylic oxidation sites excluding steroid dienone is 1. The van der Waals surface area contributed by atoms with E-state index >= 15 is 0 Å². The van der Waals surface area contributed by atoms with Crippen LogP contribution in [0, 0.1) is 0 Å². The van der Waals surface area contributed by atoms with Crippen LogP contribution in [0.2, 0.25) is 0 Å². The van der Waals surface area contributed by atoms with Crippen molar-refractivity contribution in [2.75, 3.05) is 14.2 Å². The fraction of sp³-hybridized carbons (Fsp3) is 0.148. The van der Waals surface area contributed by atoms with Crippen LogP contribution in [0.15, 0.2) is 96.4 Å². The zero-order chi connectivity index (χ0) is 22.2. The summed E-state index contributed by atoms with van der Waals surface area (Å²) in [7, 11) is 3.61. The Kier molecular flexibility index (Phi) is 5.04. The number of hydrogen-bond donors (Lipinski definition) is 1. The van der Waals surface area contributed by atoms with E-state index < -0.39 is 0 Å². The van der Waals surface area contributed by atoms with Gasteiger partial charge < -0.3 is 10.1 Å². The predicted octanol–water partition coefficient (Wildman–Crippen LogP) is 4.83. The molecule has 5 nitrogen and oxygen atoms in total. The van der Waals surface area contributed by atoms with E-state index in [1.54, 1.807) is 12.1 Å². The Labute approximate surface area is 188 Å². The number of hydrazine groups is 1. The van der Waals surface area contributed by atoms with E-state index in [1.165, 1.54) is 0 Å². The van der Waals surface area contributed by atoms with Gasteiger partial charge in [0.15, 0.2) is 0 Å². The van der Waals surface area contributed by atoms with Crippen LogP contribution >= 0.6 is 0 Å². The van der Waals surface area contributed by atoms with Crippen molar-refractivity contribution in [1.29, 1.82) is 0 Å². The average Bonchev–Trinajstić information content (AvgIpc) is 3.12. The molecule has 1 unspecified atom stereocenters. The van der Waals surface area contributed by atoms with Crippen LogP contribution in [0.4, 0.5) is 0 Å². The minimum absolute atomic E-state index is 0.0456. The monoisotopic (exact) mass is 423 g/mol. The number of nitrogens with zero attached hydrogens (tertiary/aromatic N) is 2. The fourth-order valence-electron chi connectivity index (χ4n) is 4.60. The lowest BCUT2D eigenvalue weighted by molar-refractivity contribution is -0.136. The van der Waals surface area contributed by atoms with E-state index in [-0.39, 0.29) is 11.9 Å². The zero-order valence-electron chi connectivity index (χ0n) is 18.4. The molecule has 32 heavy (non-hydrogen) atoms. The van der Waals surface area contributed by atoms with E-state index in [0.29, 0.717) is 5.57 Å². The summed E-state index contributed by atoms with van der Waals surface area (Å²) >= 11 is 0. The molecule has 5 heteroatoms. The van der Waals surface area contributed by atoms with Gasteiger partial charge in [0.2, 0.25) is 0 Å². The van der Waals surface area contributed by atoms with E-state index in [1.807, 2.05) is 79.6 Å². The molecule has 0 fully saturated rings. The average molecular weight is 424 g/mol. The summed E-state index contributed by atoms with van der Waals surface area (Å²) in [5.41, 5.74) is 5.66. The molecule has 160 valence electrons. The van der Waals surface area contributed by atoms with Crippen LogP contribution in [0.5, 0.6) is 5.75 Å². The summed E-state index contributed by atoms with van der Waals surface area (Å²) < 4.78 is 5.28. The highest BCUT2D eigenvalue weighted by atomic mass is 16.5. The number of carbonyl (C=O) groups is 1. The van der Waals surface area contributed by atoms with Crippen LogP contribution in [0.25, 0.3) is 11.1 Å². The van der Waals surface area contributed by atoms with Crippen molar-refractivity contribution >= 4 is 17.1 Å². The summed E-state index contributed by atoms with van der Waals surface area (Å²) in [4.78, 5) is 13.9. The topological polar surface area (TPSA) is 44.8 Å². The Morgan fingerprint density at radius 3 is 2.09 bits per heavy atom. The van der Waals surface area contributed by atoms with Gasteiger partial charge in [0, 0.05) is 18.3 Å². The normalized spacial score (nSPS) is 18.7. The van der Waals surface area contributed by atoms with Crippen molar-refractivity contribution in [1.82, 2.24) is 15.3 Å². The van der Waals surface area contributed by atoms with Gasteiger partial charge in [-0.25, -0.2) is 10.0 Å². The molecule has 2 aliphatic heterocycles. The highest BCUT2D eigenvalue weighted by Gasteiger charge is 2.45. The molecule has 0 saturated carbocycles. The number of benzene rings is 3. The lowest BCUT2D eigenvalue weighted by Gasteiger charge is -2.35. The van der Waals surface area contributed by atoms with Gasteiger partial charge in [-0.2, -0.15) is 0 Å². The molecule has 0 saturated heterocycles. The van der Waals surface area contributed by atoms with E-state index in [0.717, 1.165) is 39.5 Å². The molecule has 2 heterocycles. The predicted molar refractivity (Wildman–Crippen MR) is 126 cm³/mol. The number of carbonyl (C=O) groups excluding carboxylic acids is 1. The quantitative estimate of drug-likeness (QED) is 0.653. The molecule has 1 N–H and O–H groups in total. The third-order valence-electron chi connectivity index (χ3n) is 6.10. The third kappa shape index (κ3) is 3.18. The Hall–Kier alpha value is -3.83. The Bertz CT molecular complexity index is 1210. The molecule has 0 aromatic heterocycles. The standard InChI is InChI=1S/C27H25N3O2/c1-18-23(20-14-16-22(32-3)17-15-20)27(31)30-26(28-18)24(19-10-6-4-7-11-19)25(29(30)2)21-12-8-5-9-13-21/h4-17,25,28H,1-3H3. The first-order valence-electron chi connectivity index (χ1n) is 10.6. The largest absolute Gasteiger partial charge is 0.497 e. The molecular weight excluding hydrogens is 398 g/mol. The Morgan fingerprint density at radius 2 is 1.47 bits per heavy atom. The number of methoxy groups -OCH3 is 1. The second-order valence-electron chi connectivity index (χ2n) is 7.99. The van der Waals surface area contributed by atoms with Gasteiger partial charge >= 0.3 is 0 Å². The van der Waals surface area contributed by atoms with Crippen molar-refractivity contribution in [2.24, 2.45) is 0 Å². The minimum atomic E-state index is -0.0898. The second-order valence-corrected chi connectivity index (χ2v) is 7.99. The minimum Gasteiger partial charge on any atom is -0.497 e. The van der Waals surface area contributed by atoms with Crippen molar-refractivity contribution in [2.45, 2.75) is 13.0 Å². The van der Waals surface area contributed by atoms with Gasteiger partial charge in [-0.05, 0) is 35.7 Å². The van der Waals surface area contributed by atoms with Crippen LogP contribution in [0.1, 0.15) is 29.7 Å². The Morgan fingerprint density at radius 1 is 0.844 bits per heavy atom. The molecule has 0 bridgehead atoms. The molecule has 0 aliphatic carbocycles. The molecule has 3 aromatic rings. The van der Waals surface area contributed by atoms with Crippen LogP contribution < -0.4 is 10.1 Å². The van der Waals surface area contributed by atoms with Gasteiger partial charge in [0.05, 0.1) is 18.7 Å². The summed E-state index contributed by atoms with van der Waals surface area (Å²) in [5, 5.41) is 7.35. The maximum atomic E-state index is 13.9. The van der Waals surface area contributed by atoms with Crippen molar-refractivity contribution in [3.8, 4) is 5.75 Å². The first-order chi connectivity index (χ1) is 15.6. The Balaban J connectivity index is 1.66. The van der Waals surface area contributed by atoms with Crippen LogP contribution in [-0.2, 0) is 4.79 Å². The smallest absolute Gasteiger partial charge is 0.276 e.